The molecule has 0 aliphatic carbocycles. The molecule has 1 saturated heterocycles. The highest BCUT2D eigenvalue weighted by atomic mass is 16.5. The lowest BCUT2D eigenvalue weighted by Crippen LogP contribution is -2.36. The van der Waals surface area contributed by atoms with E-state index in [2.05, 4.69) is 25.0 Å². The van der Waals surface area contributed by atoms with Crippen LogP contribution in [-0.4, -0.2) is 51.5 Å². The molecular weight excluding hydrogens is 344 g/mol. The summed E-state index contributed by atoms with van der Waals surface area (Å²) in [4.78, 5) is 17.2. The van der Waals surface area contributed by atoms with Crippen molar-refractivity contribution in [1.82, 2.24) is 20.1 Å². The molecule has 0 spiro atoms. The lowest BCUT2D eigenvalue weighted by atomic mass is 10.1. The third kappa shape index (κ3) is 4.06. The van der Waals surface area contributed by atoms with Crippen molar-refractivity contribution in [2.45, 2.75) is 25.5 Å². The van der Waals surface area contributed by atoms with Crippen molar-refractivity contribution < 1.29 is 9.63 Å². The minimum atomic E-state index is -0.203. The maximum atomic E-state index is 9.68. The number of anilines is 2. The van der Waals surface area contributed by atoms with Crippen LogP contribution in [0.5, 0.6) is 0 Å². The van der Waals surface area contributed by atoms with Gasteiger partial charge in [-0.1, -0.05) is 5.16 Å². The Hall–Kier alpha value is -3.00. The quantitative estimate of drug-likeness (QED) is 0.734. The van der Waals surface area contributed by atoms with Gasteiger partial charge in [0.2, 0.25) is 5.95 Å². The summed E-state index contributed by atoms with van der Waals surface area (Å²) in [6.45, 7) is 2.12. The summed E-state index contributed by atoms with van der Waals surface area (Å²) in [5.74, 6) is 2.24. The van der Waals surface area contributed by atoms with E-state index in [1.165, 1.54) is 0 Å². The average Bonchev–Trinajstić information content (AvgIpc) is 3.18. The van der Waals surface area contributed by atoms with Gasteiger partial charge in [0.25, 0.3) is 0 Å². The highest BCUT2D eigenvalue weighted by Gasteiger charge is 2.19. The van der Waals surface area contributed by atoms with E-state index >= 15 is 0 Å². The van der Waals surface area contributed by atoms with Gasteiger partial charge in [-0.3, -0.25) is 4.98 Å². The second kappa shape index (κ2) is 7.71. The van der Waals surface area contributed by atoms with Crippen molar-refractivity contribution in [3.05, 3.63) is 48.6 Å². The number of rotatable bonds is 5. The number of aliphatic hydroxyl groups is 1. The Labute approximate surface area is 157 Å². The van der Waals surface area contributed by atoms with Gasteiger partial charge < -0.3 is 19.4 Å². The SMILES string of the molecule is CN(Cc1cc(-c2ccncc2)no1)c1nccc(N2CCC(O)CC2)n1. The van der Waals surface area contributed by atoms with Gasteiger partial charge >= 0.3 is 0 Å². The van der Waals surface area contributed by atoms with E-state index in [0.29, 0.717) is 12.5 Å². The summed E-state index contributed by atoms with van der Waals surface area (Å²) in [6.07, 6.45) is 6.56. The Morgan fingerprint density at radius 2 is 1.96 bits per heavy atom. The van der Waals surface area contributed by atoms with Crippen LogP contribution in [0, 0.1) is 0 Å². The summed E-state index contributed by atoms with van der Waals surface area (Å²) in [5, 5.41) is 13.8. The fourth-order valence-corrected chi connectivity index (χ4v) is 3.14. The van der Waals surface area contributed by atoms with Gasteiger partial charge in [0.05, 0.1) is 12.6 Å². The third-order valence-electron chi connectivity index (χ3n) is 4.69. The molecule has 4 rings (SSSR count). The highest BCUT2D eigenvalue weighted by Crippen LogP contribution is 2.22. The van der Waals surface area contributed by atoms with Crippen LogP contribution in [-0.2, 0) is 6.54 Å². The number of hydrogen-bond donors (Lipinski definition) is 1. The first kappa shape index (κ1) is 17.4. The van der Waals surface area contributed by atoms with E-state index < -0.39 is 0 Å². The number of piperidine rings is 1. The maximum absolute atomic E-state index is 9.68. The zero-order valence-electron chi connectivity index (χ0n) is 15.2. The van der Waals surface area contributed by atoms with Gasteiger partial charge in [-0.15, -0.1) is 0 Å². The Morgan fingerprint density at radius 1 is 1.19 bits per heavy atom. The molecular formula is C19H22N6O2. The molecule has 0 bridgehead atoms. The number of aromatic nitrogens is 4. The predicted molar refractivity (Wildman–Crippen MR) is 101 cm³/mol. The van der Waals surface area contributed by atoms with E-state index in [1.54, 1.807) is 18.6 Å². The van der Waals surface area contributed by atoms with Crippen molar-refractivity contribution >= 4 is 11.8 Å². The van der Waals surface area contributed by atoms with E-state index in [0.717, 1.165) is 48.8 Å². The monoisotopic (exact) mass is 366 g/mol. The summed E-state index contributed by atoms with van der Waals surface area (Å²) in [6, 6.07) is 7.62. The molecule has 1 N–H and O–H groups in total. The number of hydrogen-bond acceptors (Lipinski definition) is 8. The average molecular weight is 366 g/mol. The summed E-state index contributed by atoms with van der Waals surface area (Å²) in [7, 11) is 1.92. The lowest BCUT2D eigenvalue weighted by molar-refractivity contribution is 0.145. The van der Waals surface area contributed by atoms with Crippen molar-refractivity contribution in [2.24, 2.45) is 0 Å². The standard InChI is InChI=1S/C19H22N6O2/c1-24(13-16-12-17(23-27-16)14-2-7-20-8-3-14)19-21-9-4-18(22-19)25-10-5-15(26)6-11-25/h2-4,7-9,12,15,26H,5-6,10-11,13H2,1H3. The van der Waals surface area contributed by atoms with Crippen molar-refractivity contribution in [3.8, 4) is 11.3 Å². The molecule has 140 valence electrons. The zero-order chi connectivity index (χ0) is 18.6. The fraction of sp³-hybridized carbons (Fsp3) is 0.368. The summed E-state index contributed by atoms with van der Waals surface area (Å²) < 4.78 is 5.46. The van der Waals surface area contributed by atoms with Crippen molar-refractivity contribution in [1.29, 1.82) is 0 Å². The van der Waals surface area contributed by atoms with E-state index in [-0.39, 0.29) is 6.10 Å². The van der Waals surface area contributed by atoms with Crippen LogP contribution < -0.4 is 9.80 Å². The van der Waals surface area contributed by atoms with Crippen LogP contribution in [0.4, 0.5) is 11.8 Å². The topological polar surface area (TPSA) is 91.4 Å². The highest BCUT2D eigenvalue weighted by molar-refractivity contribution is 5.57. The van der Waals surface area contributed by atoms with Crippen LogP contribution >= 0.6 is 0 Å². The van der Waals surface area contributed by atoms with Crippen LogP contribution in [0.25, 0.3) is 11.3 Å². The molecule has 0 unspecified atom stereocenters. The van der Waals surface area contributed by atoms with Crippen LogP contribution in [0.15, 0.2) is 47.4 Å². The molecule has 27 heavy (non-hydrogen) atoms. The number of nitrogens with zero attached hydrogens (tertiary/aromatic N) is 6. The Morgan fingerprint density at radius 3 is 2.74 bits per heavy atom. The molecule has 0 saturated carbocycles. The van der Waals surface area contributed by atoms with Crippen molar-refractivity contribution in [3.63, 3.8) is 0 Å². The zero-order valence-corrected chi connectivity index (χ0v) is 15.2. The maximum Gasteiger partial charge on any atom is 0.227 e. The smallest absolute Gasteiger partial charge is 0.227 e. The second-order valence-corrected chi connectivity index (χ2v) is 6.70. The van der Waals surface area contributed by atoms with Crippen LogP contribution in [0.2, 0.25) is 0 Å². The van der Waals surface area contributed by atoms with Crippen LogP contribution in [0.1, 0.15) is 18.6 Å². The van der Waals surface area contributed by atoms with Gasteiger partial charge in [0.15, 0.2) is 5.76 Å². The lowest BCUT2D eigenvalue weighted by Gasteiger charge is -2.30. The molecule has 0 radical (unpaired) electrons. The molecule has 0 amide bonds. The largest absolute Gasteiger partial charge is 0.393 e. The van der Waals surface area contributed by atoms with Gasteiger partial charge in [0.1, 0.15) is 11.5 Å². The van der Waals surface area contributed by atoms with E-state index in [9.17, 15) is 5.11 Å². The Balaban J connectivity index is 1.45. The first-order valence-electron chi connectivity index (χ1n) is 9.02. The molecule has 4 heterocycles. The Kier molecular flexibility index (Phi) is 4.97. The number of pyridine rings is 1. The number of aliphatic hydroxyl groups excluding tert-OH is 1. The minimum Gasteiger partial charge on any atom is -0.393 e. The molecule has 3 aromatic heterocycles. The Bertz CT molecular complexity index is 877. The van der Waals surface area contributed by atoms with Gasteiger partial charge in [0, 0.05) is 50.4 Å². The first-order chi connectivity index (χ1) is 13.2. The molecule has 1 aliphatic rings. The molecule has 1 fully saturated rings. The predicted octanol–water partition coefficient (Wildman–Crippen LogP) is 2.12. The first-order valence-corrected chi connectivity index (χ1v) is 9.02. The summed E-state index contributed by atoms with van der Waals surface area (Å²) >= 11 is 0. The van der Waals surface area contributed by atoms with E-state index in [1.807, 2.05) is 36.2 Å². The molecule has 8 nitrogen and oxygen atoms in total. The van der Waals surface area contributed by atoms with Gasteiger partial charge in [-0.25, -0.2) is 4.98 Å². The molecule has 1 aliphatic heterocycles. The molecule has 0 atom stereocenters. The third-order valence-corrected chi connectivity index (χ3v) is 4.69. The minimum absolute atomic E-state index is 0.203. The second-order valence-electron chi connectivity index (χ2n) is 6.70. The molecule has 3 aromatic rings. The van der Waals surface area contributed by atoms with Crippen LogP contribution in [0.3, 0.4) is 0 Å². The molecule has 0 aromatic carbocycles. The van der Waals surface area contributed by atoms with E-state index in [4.69, 9.17) is 4.52 Å². The van der Waals surface area contributed by atoms with Gasteiger partial charge in [-0.05, 0) is 31.0 Å². The van der Waals surface area contributed by atoms with Gasteiger partial charge in [-0.2, -0.15) is 4.98 Å². The van der Waals surface area contributed by atoms with Crippen molar-refractivity contribution in [2.75, 3.05) is 29.9 Å². The summed E-state index contributed by atoms with van der Waals surface area (Å²) in [5.41, 5.74) is 1.75. The molecule has 8 heteroatoms. The normalized spacial score (nSPS) is 15.1. The fourth-order valence-electron chi connectivity index (χ4n) is 3.14.